The topological polar surface area (TPSA) is 49.8 Å². The lowest BCUT2D eigenvalue weighted by molar-refractivity contribution is 0.00134. The zero-order chi connectivity index (χ0) is 11.2. The summed E-state index contributed by atoms with van der Waals surface area (Å²) in [4.78, 5) is 13.3. The number of rotatable bonds is 0. The van der Waals surface area contributed by atoms with E-state index in [0.717, 1.165) is 13.0 Å². The van der Waals surface area contributed by atoms with Crippen LogP contribution in [0.2, 0.25) is 0 Å². The van der Waals surface area contributed by atoms with E-state index in [2.05, 4.69) is 0 Å². The Labute approximate surface area is 90.2 Å². The van der Waals surface area contributed by atoms with Crippen molar-refractivity contribution in [2.24, 2.45) is 11.8 Å². The van der Waals surface area contributed by atoms with E-state index in [1.165, 1.54) is 0 Å². The third-order valence-corrected chi connectivity index (χ3v) is 2.99. The summed E-state index contributed by atoms with van der Waals surface area (Å²) in [6.45, 7) is 6.73. The fraction of sp³-hybridized carbons (Fsp3) is 0.909. The van der Waals surface area contributed by atoms with E-state index in [9.17, 15) is 9.90 Å². The Kier molecular flexibility index (Phi) is 2.41. The summed E-state index contributed by atoms with van der Waals surface area (Å²) in [6, 6.07) is 0. The van der Waals surface area contributed by atoms with Gasteiger partial charge in [-0.05, 0) is 39.0 Å². The minimum Gasteiger partial charge on any atom is -0.444 e. The average Bonchev–Trinajstić information content (AvgIpc) is 2.79. The summed E-state index contributed by atoms with van der Waals surface area (Å²) in [5.74, 6) is 0.935. The minimum atomic E-state index is -0.456. The molecule has 3 atom stereocenters. The number of nitrogens with zero attached hydrogens (tertiary/aromatic N) is 1. The Balaban J connectivity index is 1.90. The molecule has 1 N–H and O–H groups in total. The molecule has 4 nitrogen and oxygen atoms in total. The Morgan fingerprint density at radius 1 is 1.40 bits per heavy atom. The third kappa shape index (κ3) is 2.43. The molecule has 1 saturated carbocycles. The van der Waals surface area contributed by atoms with Gasteiger partial charge in [0.15, 0.2) is 0 Å². The zero-order valence-electron chi connectivity index (χ0n) is 9.56. The van der Waals surface area contributed by atoms with Crippen LogP contribution in [0.15, 0.2) is 0 Å². The number of aliphatic hydroxyl groups excluding tert-OH is 1. The molecule has 2 rings (SSSR count). The van der Waals surface area contributed by atoms with Gasteiger partial charge in [-0.15, -0.1) is 0 Å². The molecule has 1 heterocycles. The van der Waals surface area contributed by atoms with Crippen LogP contribution in [0.25, 0.3) is 0 Å². The molecule has 86 valence electrons. The number of ether oxygens (including phenoxy) is 1. The van der Waals surface area contributed by atoms with Gasteiger partial charge in [-0.25, -0.2) is 4.79 Å². The van der Waals surface area contributed by atoms with Crippen molar-refractivity contribution in [3.8, 4) is 0 Å². The molecule has 2 aliphatic rings. The van der Waals surface area contributed by atoms with Crippen molar-refractivity contribution in [3.63, 3.8) is 0 Å². The molecule has 0 aromatic rings. The van der Waals surface area contributed by atoms with Crippen LogP contribution in [-0.4, -0.2) is 40.9 Å². The normalized spacial score (nSPS) is 34.7. The molecule has 1 aliphatic carbocycles. The molecule has 0 unspecified atom stereocenters. The number of hydrogen-bond donors (Lipinski definition) is 1. The molecule has 1 aliphatic heterocycles. The molecule has 0 aromatic heterocycles. The molecule has 0 radical (unpaired) electrons. The first-order chi connectivity index (χ1) is 6.87. The van der Waals surface area contributed by atoms with Crippen molar-refractivity contribution >= 4 is 6.09 Å². The standard InChI is InChI=1S/C11H19NO3/c1-11(2,3)15-10(14)12-5-7-4-8(7)9(13)6-12/h7-9,13H,4-6H2,1-3H3/t7-,8-,9-/m0/s1. The number of likely N-dealkylation sites (tertiary alicyclic amines) is 1. The van der Waals surface area contributed by atoms with E-state index >= 15 is 0 Å². The Bertz CT molecular complexity index is 271. The molecule has 0 bridgehead atoms. The minimum absolute atomic E-state index is 0.299. The first-order valence-corrected chi connectivity index (χ1v) is 5.53. The van der Waals surface area contributed by atoms with Gasteiger partial charge < -0.3 is 14.7 Å². The van der Waals surface area contributed by atoms with Gasteiger partial charge >= 0.3 is 6.09 Å². The number of aliphatic hydroxyl groups is 1. The second-order valence-electron chi connectivity index (χ2n) is 5.61. The number of amides is 1. The Morgan fingerprint density at radius 3 is 2.60 bits per heavy atom. The molecular formula is C11H19NO3. The Morgan fingerprint density at radius 2 is 2.07 bits per heavy atom. The van der Waals surface area contributed by atoms with E-state index in [1.54, 1.807) is 4.90 Å². The van der Waals surface area contributed by atoms with Crippen molar-refractivity contribution in [1.82, 2.24) is 4.90 Å². The van der Waals surface area contributed by atoms with E-state index in [0.29, 0.717) is 18.4 Å². The van der Waals surface area contributed by atoms with Gasteiger partial charge in [0, 0.05) is 6.54 Å². The van der Waals surface area contributed by atoms with Gasteiger partial charge in [-0.1, -0.05) is 0 Å². The molecule has 1 saturated heterocycles. The van der Waals surface area contributed by atoms with Crippen LogP contribution in [0, 0.1) is 11.8 Å². The first-order valence-electron chi connectivity index (χ1n) is 5.53. The highest BCUT2D eigenvalue weighted by atomic mass is 16.6. The van der Waals surface area contributed by atoms with Crippen LogP contribution in [0.3, 0.4) is 0 Å². The fourth-order valence-corrected chi connectivity index (χ4v) is 2.15. The van der Waals surface area contributed by atoms with Crippen LogP contribution in [0.4, 0.5) is 4.79 Å². The number of piperidine rings is 1. The monoisotopic (exact) mass is 213 g/mol. The highest BCUT2D eigenvalue weighted by molar-refractivity contribution is 5.68. The van der Waals surface area contributed by atoms with Crippen molar-refractivity contribution < 1.29 is 14.6 Å². The van der Waals surface area contributed by atoms with Gasteiger partial charge in [-0.3, -0.25) is 0 Å². The van der Waals surface area contributed by atoms with Crippen LogP contribution in [0.1, 0.15) is 27.2 Å². The van der Waals surface area contributed by atoms with E-state index in [1.807, 2.05) is 20.8 Å². The zero-order valence-corrected chi connectivity index (χ0v) is 9.56. The molecular weight excluding hydrogens is 194 g/mol. The molecule has 15 heavy (non-hydrogen) atoms. The summed E-state index contributed by atoms with van der Waals surface area (Å²) in [5.41, 5.74) is -0.456. The molecule has 0 spiro atoms. The lowest BCUT2D eigenvalue weighted by Gasteiger charge is -2.31. The van der Waals surface area contributed by atoms with Crippen molar-refractivity contribution in [2.75, 3.05) is 13.1 Å². The molecule has 2 fully saturated rings. The number of hydrogen-bond acceptors (Lipinski definition) is 3. The van der Waals surface area contributed by atoms with E-state index in [4.69, 9.17) is 4.74 Å². The quantitative estimate of drug-likeness (QED) is 0.658. The molecule has 1 amide bonds. The van der Waals surface area contributed by atoms with Gasteiger partial charge in [0.25, 0.3) is 0 Å². The second-order valence-corrected chi connectivity index (χ2v) is 5.61. The average molecular weight is 213 g/mol. The number of carbonyl (C=O) groups is 1. The van der Waals surface area contributed by atoms with Crippen molar-refractivity contribution in [1.29, 1.82) is 0 Å². The van der Waals surface area contributed by atoms with E-state index in [-0.39, 0.29) is 12.2 Å². The van der Waals surface area contributed by atoms with Gasteiger partial charge in [0.2, 0.25) is 0 Å². The highest BCUT2D eigenvalue weighted by Gasteiger charge is 2.48. The maximum Gasteiger partial charge on any atom is 0.410 e. The van der Waals surface area contributed by atoms with Crippen LogP contribution in [0.5, 0.6) is 0 Å². The molecule has 4 heteroatoms. The summed E-state index contributed by atoms with van der Waals surface area (Å²) in [6.07, 6.45) is 0.406. The number of fused-ring (bicyclic) bond motifs is 1. The number of β-amino-alcohol motifs (C(OH)–C–C–N with tert-alkyl or cyclic N) is 1. The molecule has 0 aromatic carbocycles. The predicted molar refractivity (Wildman–Crippen MR) is 55.4 cm³/mol. The smallest absolute Gasteiger partial charge is 0.410 e. The van der Waals surface area contributed by atoms with Crippen LogP contribution >= 0.6 is 0 Å². The number of carbonyl (C=O) groups excluding carboxylic acids is 1. The fourth-order valence-electron chi connectivity index (χ4n) is 2.15. The van der Waals surface area contributed by atoms with Crippen LogP contribution in [-0.2, 0) is 4.74 Å². The lowest BCUT2D eigenvalue weighted by atomic mass is 10.1. The summed E-state index contributed by atoms with van der Waals surface area (Å²) >= 11 is 0. The predicted octanol–water partition coefficient (Wildman–Crippen LogP) is 1.23. The maximum absolute atomic E-state index is 11.7. The van der Waals surface area contributed by atoms with Crippen molar-refractivity contribution in [2.45, 2.75) is 38.9 Å². The summed E-state index contributed by atoms with van der Waals surface area (Å²) in [7, 11) is 0. The largest absolute Gasteiger partial charge is 0.444 e. The lowest BCUT2D eigenvalue weighted by Crippen LogP contribution is -2.45. The second kappa shape index (κ2) is 3.37. The first kappa shape index (κ1) is 10.7. The summed E-state index contributed by atoms with van der Waals surface area (Å²) in [5, 5.41) is 9.69. The summed E-state index contributed by atoms with van der Waals surface area (Å²) < 4.78 is 5.27. The van der Waals surface area contributed by atoms with Gasteiger partial charge in [0.1, 0.15) is 5.60 Å². The third-order valence-electron chi connectivity index (χ3n) is 2.99. The van der Waals surface area contributed by atoms with Crippen LogP contribution < -0.4 is 0 Å². The van der Waals surface area contributed by atoms with E-state index < -0.39 is 5.60 Å². The van der Waals surface area contributed by atoms with Gasteiger partial charge in [-0.2, -0.15) is 0 Å². The SMILES string of the molecule is CC(C)(C)OC(=O)N1C[C@@H]2C[C@@H]2[C@@H](O)C1. The van der Waals surface area contributed by atoms with Gasteiger partial charge in [0.05, 0.1) is 12.6 Å². The highest BCUT2D eigenvalue weighted by Crippen LogP contribution is 2.45. The maximum atomic E-state index is 11.7. The Hall–Kier alpha value is -0.770. The van der Waals surface area contributed by atoms with Crippen molar-refractivity contribution in [3.05, 3.63) is 0 Å².